The van der Waals surface area contributed by atoms with Crippen LogP contribution in [0.3, 0.4) is 0 Å². The van der Waals surface area contributed by atoms with Crippen LogP contribution in [0.1, 0.15) is 52.9 Å². The molecule has 0 saturated heterocycles. The van der Waals surface area contributed by atoms with E-state index in [-0.39, 0.29) is 55.8 Å². The van der Waals surface area contributed by atoms with Gasteiger partial charge in [-0.1, -0.05) is 7.43 Å². The van der Waals surface area contributed by atoms with Gasteiger partial charge in [0.15, 0.2) is 5.78 Å². The van der Waals surface area contributed by atoms with Crippen molar-refractivity contribution in [3.63, 3.8) is 0 Å². The van der Waals surface area contributed by atoms with Gasteiger partial charge in [-0.25, -0.2) is 0 Å². The Kier molecular flexibility index (Phi) is 39.1. The van der Waals surface area contributed by atoms with Gasteiger partial charge in [-0.2, -0.15) is 0 Å². The molecule has 8 heteroatoms. The molecule has 5 N–H and O–H groups in total. The molecule has 21 heavy (non-hydrogen) atoms. The van der Waals surface area contributed by atoms with Gasteiger partial charge < -0.3 is 38.6 Å². The van der Waals surface area contributed by atoms with Gasteiger partial charge in [-0.3, -0.25) is 4.79 Å². The molecule has 0 fully saturated rings. The van der Waals surface area contributed by atoms with Crippen LogP contribution >= 0.6 is 0 Å². The summed E-state index contributed by atoms with van der Waals surface area (Å²) < 4.78 is 0. The van der Waals surface area contributed by atoms with Crippen molar-refractivity contribution in [2.24, 2.45) is 5.73 Å². The number of hydrogen-bond acceptors (Lipinski definition) is 5. The molecule has 0 amide bonds. The number of ketones is 2. The van der Waals surface area contributed by atoms with E-state index in [2.05, 4.69) is 5.73 Å². The monoisotopic (exact) mass is 334 g/mol. The minimum Gasteiger partial charge on any atom is -1.00 e. The van der Waals surface area contributed by atoms with Crippen LogP contribution in [0.5, 0.6) is 0 Å². The number of carbonyl (C=O) groups is 3. The Labute approximate surface area is 156 Å². The SMILES string of the molecule is C.CC(=O)CCCC[NH3+].NCCCCC(=O)C(=O)[O-].[Cl-].[Na+]. The Morgan fingerprint density at radius 2 is 1.52 bits per heavy atom. The van der Waals surface area contributed by atoms with Gasteiger partial charge in [-0.05, 0) is 39.2 Å². The number of halogens is 1. The molecule has 0 aliphatic rings. The van der Waals surface area contributed by atoms with Gasteiger partial charge in [0.2, 0.25) is 0 Å². The average molecular weight is 335 g/mol. The molecule has 0 spiro atoms. The molecular weight excluding hydrogens is 307 g/mol. The fraction of sp³-hybridized carbons (Fsp3) is 0.769. The first-order valence-electron chi connectivity index (χ1n) is 6.18. The fourth-order valence-corrected chi connectivity index (χ4v) is 1.08. The smallest absolute Gasteiger partial charge is 1.00 e. The second kappa shape index (κ2) is 25.0. The summed E-state index contributed by atoms with van der Waals surface area (Å²) in [5, 5.41) is 9.80. The topological polar surface area (TPSA) is 128 Å². The van der Waals surface area contributed by atoms with Crippen LogP contribution < -0.4 is 58.5 Å². The number of aliphatic carboxylic acids is 1. The maximum Gasteiger partial charge on any atom is 1.00 e. The van der Waals surface area contributed by atoms with Crippen molar-refractivity contribution < 1.29 is 67.2 Å². The molecule has 0 atom stereocenters. The van der Waals surface area contributed by atoms with Crippen LogP contribution in [0.25, 0.3) is 0 Å². The summed E-state index contributed by atoms with van der Waals surface area (Å²) in [6, 6.07) is 0. The molecule has 0 aliphatic heterocycles. The van der Waals surface area contributed by atoms with E-state index in [0.29, 0.717) is 25.2 Å². The number of quaternary nitrogens is 1. The van der Waals surface area contributed by atoms with Gasteiger partial charge in [0.05, 0.1) is 6.54 Å². The Bertz CT molecular complexity index is 267. The van der Waals surface area contributed by atoms with Crippen molar-refractivity contribution in [1.82, 2.24) is 0 Å². The average Bonchev–Trinajstić information content (AvgIpc) is 2.30. The van der Waals surface area contributed by atoms with Crippen molar-refractivity contribution in [1.29, 1.82) is 0 Å². The van der Waals surface area contributed by atoms with E-state index >= 15 is 0 Å². The van der Waals surface area contributed by atoms with E-state index in [4.69, 9.17) is 5.73 Å². The molecule has 0 rings (SSSR count). The van der Waals surface area contributed by atoms with Crippen molar-refractivity contribution in [3.05, 3.63) is 0 Å². The van der Waals surface area contributed by atoms with E-state index < -0.39 is 11.8 Å². The molecule has 0 saturated carbocycles. The maximum absolute atomic E-state index is 10.3. The molecule has 0 unspecified atom stereocenters. The zero-order valence-electron chi connectivity index (χ0n) is 12.5. The zero-order chi connectivity index (χ0) is 14.4. The summed E-state index contributed by atoms with van der Waals surface area (Å²) >= 11 is 0. The molecule has 0 radical (unpaired) electrons. The molecule has 0 heterocycles. The predicted molar refractivity (Wildman–Crippen MR) is 71.9 cm³/mol. The second-order valence-electron chi connectivity index (χ2n) is 3.97. The van der Waals surface area contributed by atoms with Gasteiger partial charge >= 0.3 is 29.6 Å². The van der Waals surface area contributed by atoms with Crippen LogP contribution in [0.2, 0.25) is 0 Å². The third kappa shape index (κ3) is 33.1. The predicted octanol–water partition coefficient (Wildman–Crippen LogP) is -6.93. The number of carboxylic acids is 1. The summed E-state index contributed by atoms with van der Waals surface area (Å²) in [5.74, 6) is -2.15. The van der Waals surface area contributed by atoms with E-state index in [9.17, 15) is 19.5 Å². The van der Waals surface area contributed by atoms with Crippen molar-refractivity contribution in [2.45, 2.75) is 52.9 Å². The van der Waals surface area contributed by atoms with Crippen LogP contribution in [0.15, 0.2) is 0 Å². The quantitative estimate of drug-likeness (QED) is 0.246. The molecule has 0 bridgehead atoms. The summed E-state index contributed by atoms with van der Waals surface area (Å²) in [6.45, 7) is 3.07. The van der Waals surface area contributed by atoms with Gasteiger partial charge in [0.25, 0.3) is 0 Å². The number of nitrogens with two attached hydrogens (primary N) is 1. The van der Waals surface area contributed by atoms with Gasteiger partial charge in [-0.15, -0.1) is 0 Å². The summed E-state index contributed by atoms with van der Waals surface area (Å²) in [7, 11) is 0. The molecule has 6 nitrogen and oxygen atoms in total. The molecule has 0 aromatic carbocycles. The van der Waals surface area contributed by atoms with Crippen LogP contribution in [0, 0.1) is 0 Å². The minimum absolute atomic E-state index is 0. The Morgan fingerprint density at radius 3 is 1.86 bits per heavy atom. The largest absolute Gasteiger partial charge is 1.00 e. The van der Waals surface area contributed by atoms with Crippen LogP contribution in [0.4, 0.5) is 0 Å². The summed E-state index contributed by atoms with van der Waals surface area (Å²) in [4.78, 5) is 30.4. The van der Waals surface area contributed by atoms with Crippen molar-refractivity contribution in [2.75, 3.05) is 13.1 Å². The molecule has 0 aromatic rings. The Hall–Kier alpha value is 0.0200. The fourth-order valence-electron chi connectivity index (χ4n) is 1.08. The number of rotatable bonds is 9. The van der Waals surface area contributed by atoms with E-state index in [1.807, 2.05) is 0 Å². The first-order chi connectivity index (χ1) is 8.45. The summed E-state index contributed by atoms with van der Waals surface area (Å²) in [5.41, 5.74) is 8.79. The van der Waals surface area contributed by atoms with E-state index in [0.717, 1.165) is 25.8 Å². The minimum atomic E-state index is -1.60. The first kappa shape index (κ1) is 32.8. The molecule has 0 aromatic heterocycles. The Balaban J connectivity index is -0.0000000724. The number of Topliss-reactive ketones (excluding diaryl/α,β-unsaturated/α-hetero) is 2. The number of carboxylic acid groups (broad SMARTS) is 1. The first-order valence-corrected chi connectivity index (χ1v) is 6.18. The van der Waals surface area contributed by atoms with Crippen LogP contribution in [-0.4, -0.2) is 30.6 Å². The van der Waals surface area contributed by atoms with Gasteiger partial charge in [0.1, 0.15) is 11.8 Å². The van der Waals surface area contributed by atoms with E-state index in [1.165, 1.54) is 0 Å². The van der Waals surface area contributed by atoms with Gasteiger partial charge in [0, 0.05) is 12.8 Å². The molecule has 0 aliphatic carbocycles. The van der Waals surface area contributed by atoms with Crippen LogP contribution in [-0.2, 0) is 14.4 Å². The third-order valence-corrected chi connectivity index (χ3v) is 2.11. The maximum atomic E-state index is 10.3. The Morgan fingerprint density at radius 1 is 1.05 bits per heavy atom. The second-order valence-corrected chi connectivity index (χ2v) is 3.97. The third-order valence-electron chi connectivity index (χ3n) is 2.11. The summed E-state index contributed by atoms with van der Waals surface area (Å²) in [6.07, 6.45) is 4.08. The number of carbonyl (C=O) groups excluding carboxylic acids is 3. The number of unbranched alkanes of at least 4 members (excludes halogenated alkanes) is 2. The van der Waals surface area contributed by atoms with E-state index in [1.54, 1.807) is 6.92 Å². The van der Waals surface area contributed by atoms with Crippen molar-refractivity contribution in [3.8, 4) is 0 Å². The normalized spacial score (nSPS) is 7.95. The standard InChI is InChI=1S/C6H11NO3.C6H13NO.CH4.ClH.Na/c7-4-2-1-3-5(8)6(9)10;1-6(8)4-2-3-5-7;;;/h1-4,7H2,(H,9,10);2-5,7H2,1H3;1H4;1H;/q;;;;+1/p-1. The molecule has 122 valence electrons. The number of hydrogen-bond donors (Lipinski definition) is 2. The van der Waals surface area contributed by atoms with Crippen molar-refractivity contribution >= 4 is 17.5 Å². The molecular formula is C13H28ClN2NaO4. The zero-order valence-corrected chi connectivity index (χ0v) is 15.2.